The normalized spacial score (nSPS) is 20.0. The summed E-state index contributed by atoms with van der Waals surface area (Å²) in [5.74, 6) is 0.347. The van der Waals surface area contributed by atoms with Crippen molar-refractivity contribution in [2.45, 2.75) is 39.3 Å². The summed E-state index contributed by atoms with van der Waals surface area (Å²) in [5, 5.41) is 4.20. The minimum Gasteiger partial charge on any atom is -0.342 e. The number of hydrogen-bond acceptors (Lipinski definition) is 3. The van der Waals surface area contributed by atoms with E-state index in [4.69, 9.17) is 0 Å². The second kappa shape index (κ2) is 7.78. The first-order valence-corrected chi connectivity index (χ1v) is 10.1. The molecule has 0 unspecified atom stereocenters. The predicted molar refractivity (Wildman–Crippen MR) is 106 cm³/mol. The van der Waals surface area contributed by atoms with Crippen molar-refractivity contribution in [1.82, 2.24) is 19.6 Å². The lowest BCUT2D eigenvalue weighted by Crippen LogP contribution is -2.46. The molecule has 2 fully saturated rings. The number of benzene rings is 1. The number of nitrogens with zero attached hydrogens (tertiary/aromatic N) is 4. The topological polar surface area (TPSA) is 58.4 Å². The molecule has 2 aromatic rings. The van der Waals surface area contributed by atoms with Gasteiger partial charge in [-0.3, -0.25) is 14.3 Å². The summed E-state index contributed by atoms with van der Waals surface area (Å²) < 4.78 is 1.81. The molecule has 28 heavy (non-hydrogen) atoms. The fourth-order valence-electron chi connectivity index (χ4n) is 4.54. The van der Waals surface area contributed by atoms with Gasteiger partial charge in [-0.2, -0.15) is 5.10 Å². The number of aromatic nitrogens is 2. The molecule has 3 heterocycles. The first kappa shape index (κ1) is 18.7. The Labute approximate surface area is 166 Å². The molecule has 148 valence electrons. The van der Waals surface area contributed by atoms with Crippen molar-refractivity contribution in [1.29, 1.82) is 0 Å². The van der Waals surface area contributed by atoms with Gasteiger partial charge in [0.2, 0.25) is 11.8 Å². The largest absolute Gasteiger partial charge is 0.342 e. The van der Waals surface area contributed by atoms with Crippen LogP contribution < -0.4 is 0 Å². The number of piperidine rings is 1. The van der Waals surface area contributed by atoms with E-state index in [-0.39, 0.29) is 23.1 Å². The van der Waals surface area contributed by atoms with Gasteiger partial charge in [-0.15, -0.1) is 0 Å². The Morgan fingerprint density at radius 2 is 1.93 bits per heavy atom. The van der Waals surface area contributed by atoms with Crippen molar-refractivity contribution in [2.75, 3.05) is 19.6 Å². The fourth-order valence-corrected chi connectivity index (χ4v) is 4.54. The minimum absolute atomic E-state index is 0.0356. The summed E-state index contributed by atoms with van der Waals surface area (Å²) in [5.41, 5.74) is 1.21. The molecular weight excluding hydrogens is 352 g/mol. The van der Waals surface area contributed by atoms with E-state index in [9.17, 15) is 9.59 Å². The van der Waals surface area contributed by atoms with Gasteiger partial charge in [0, 0.05) is 50.4 Å². The molecule has 0 saturated carbocycles. The van der Waals surface area contributed by atoms with E-state index in [1.165, 1.54) is 5.56 Å². The number of carbonyl (C=O) groups excluding carboxylic acids is 2. The molecule has 0 N–H and O–H groups in total. The molecular formula is C22H28N4O2. The molecule has 1 atom stereocenters. The highest BCUT2D eigenvalue weighted by Gasteiger charge is 2.45. The second-order valence-electron chi connectivity index (χ2n) is 8.37. The zero-order chi connectivity index (χ0) is 19.6. The van der Waals surface area contributed by atoms with Crippen LogP contribution in [0.1, 0.15) is 31.7 Å². The first-order chi connectivity index (χ1) is 13.5. The van der Waals surface area contributed by atoms with E-state index in [1.807, 2.05) is 51.9 Å². The molecule has 2 amide bonds. The first-order valence-electron chi connectivity index (χ1n) is 10.1. The molecule has 2 saturated heterocycles. The standard InChI is InChI=1S/C22H28N4O2/c1-18(15-26-11-5-10-23-26)21(28)24-12-8-22(9-13-24)14-20(27)25(17-22)16-19-6-3-2-4-7-19/h2-7,10-11,18H,8-9,12-17H2,1H3/t18-/m1/s1. The maximum Gasteiger partial charge on any atom is 0.227 e. The van der Waals surface area contributed by atoms with Crippen molar-refractivity contribution in [2.24, 2.45) is 11.3 Å². The van der Waals surface area contributed by atoms with Gasteiger partial charge in [0.1, 0.15) is 0 Å². The third-order valence-corrected chi connectivity index (χ3v) is 6.20. The molecule has 1 spiro atoms. The van der Waals surface area contributed by atoms with Crippen LogP contribution in [0.4, 0.5) is 0 Å². The number of hydrogen-bond donors (Lipinski definition) is 0. The molecule has 1 aromatic heterocycles. The van der Waals surface area contributed by atoms with E-state index >= 15 is 0 Å². The Balaban J connectivity index is 1.32. The lowest BCUT2D eigenvalue weighted by Gasteiger charge is -2.39. The van der Waals surface area contributed by atoms with Crippen LogP contribution in [0.2, 0.25) is 0 Å². The van der Waals surface area contributed by atoms with Gasteiger partial charge < -0.3 is 9.80 Å². The van der Waals surface area contributed by atoms with Crippen LogP contribution in [0.5, 0.6) is 0 Å². The van der Waals surface area contributed by atoms with Gasteiger partial charge in [-0.25, -0.2) is 0 Å². The number of carbonyl (C=O) groups is 2. The lowest BCUT2D eigenvalue weighted by atomic mass is 9.77. The van der Waals surface area contributed by atoms with E-state index in [0.717, 1.165) is 32.5 Å². The summed E-state index contributed by atoms with van der Waals surface area (Å²) in [6.07, 6.45) is 6.06. The summed E-state index contributed by atoms with van der Waals surface area (Å²) in [7, 11) is 0. The number of likely N-dealkylation sites (tertiary alicyclic amines) is 2. The van der Waals surface area contributed by atoms with Crippen LogP contribution in [0.3, 0.4) is 0 Å². The van der Waals surface area contributed by atoms with Crippen LogP contribution in [0.15, 0.2) is 48.8 Å². The molecule has 6 heteroatoms. The molecule has 0 aliphatic carbocycles. The smallest absolute Gasteiger partial charge is 0.227 e. The van der Waals surface area contributed by atoms with Gasteiger partial charge in [-0.05, 0) is 24.5 Å². The Morgan fingerprint density at radius 1 is 1.18 bits per heavy atom. The van der Waals surface area contributed by atoms with Crippen LogP contribution in [-0.4, -0.2) is 51.0 Å². The van der Waals surface area contributed by atoms with Gasteiger partial charge in [-0.1, -0.05) is 37.3 Å². The van der Waals surface area contributed by atoms with Gasteiger partial charge >= 0.3 is 0 Å². The highest BCUT2D eigenvalue weighted by Crippen LogP contribution is 2.41. The summed E-state index contributed by atoms with van der Waals surface area (Å²) >= 11 is 0. The number of rotatable bonds is 5. The average molecular weight is 380 g/mol. The molecule has 6 nitrogen and oxygen atoms in total. The van der Waals surface area contributed by atoms with Crippen LogP contribution in [-0.2, 0) is 22.7 Å². The zero-order valence-corrected chi connectivity index (χ0v) is 16.5. The monoisotopic (exact) mass is 380 g/mol. The molecule has 0 bridgehead atoms. The highest BCUT2D eigenvalue weighted by molar-refractivity contribution is 5.80. The Hall–Kier alpha value is -2.63. The van der Waals surface area contributed by atoms with Crippen LogP contribution in [0, 0.1) is 11.3 Å². The van der Waals surface area contributed by atoms with Gasteiger partial charge in [0.25, 0.3) is 0 Å². The highest BCUT2D eigenvalue weighted by atomic mass is 16.2. The molecule has 0 radical (unpaired) electrons. The van der Waals surface area contributed by atoms with Crippen molar-refractivity contribution < 1.29 is 9.59 Å². The van der Waals surface area contributed by atoms with Crippen molar-refractivity contribution in [3.05, 3.63) is 54.4 Å². The van der Waals surface area contributed by atoms with Crippen molar-refractivity contribution >= 4 is 11.8 Å². The van der Waals surface area contributed by atoms with Crippen LogP contribution >= 0.6 is 0 Å². The molecule has 2 aliphatic heterocycles. The van der Waals surface area contributed by atoms with Gasteiger partial charge in [0.15, 0.2) is 0 Å². The SMILES string of the molecule is C[C@H](Cn1cccn1)C(=O)N1CCC2(CC1)CC(=O)N(Cc1ccccc1)C2. The number of amides is 2. The third kappa shape index (κ3) is 3.96. The zero-order valence-electron chi connectivity index (χ0n) is 16.5. The third-order valence-electron chi connectivity index (χ3n) is 6.20. The van der Waals surface area contributed by atoms with Crippen LogP contribution in [0.25, 0.3) is 0 Å². The Morgan fingerprint density at radius 3 is 2.61 bits per heavy atom. The molecule has 2 aliphatic rings. The Kier molecular flexibility index (Phi) is 5.20. The molecule has 4 rings (SSSR count). The van der Waals surface area contributed by atoms with Crippen molar-refractivity contribution in [3.63, 3.8) is 0 Å². The predicted octanol–water partition coefficient (Wildman–Crippen LogP) is 2.56. The fraction of sp³-hybridized carbons (Fsp3) is 0.500. The van der Waals surface area contributed by atoms with E-state index in [0.29, 0.717) is 19.5 Å². The average Bonchev–Trinajstić information content (AvgIpc) is 3.31. The maximum atomic E-state index is 12.8. The van der Waals surface area contributed by atoms with Crippen molar-refractivity contribution in [3.8, 4) is 0 Å². The van der Waals surface area contributed by atoms with E-state index in [2.05, 4.69) is 17.2 Å². The summed E-state index contributed by atoms with van der Waals surface area (Å²) in [4.78, 5) is 29.4. The summed E-state index contributed by atoms with van der Waals surface area (Å²) in [6, 6.07) is 12.0. The van der Waals surface area contributed by atoms with E-state index in [1.54, 1.807) is 6.20 Å². The van der Waals surface area contributed by atoms with E-state index < -0.39 is 0 Å². The molecule has 1 aromatic carbocycles. The minimum atomic E-state index is -0.0891. The second-order valence-corrected chi connectivity index (χ2v) is 8.37. The lowest BCUT2D eigenvalue weighted by molar-refractivity contribution is -0.137. The maximum absolute atomic E-state index is 12.8. The summed E-state index contributed by atoms with van der Waals surface area (Å²) in [6.45, 7) is 5.56. The van der Waals surface area contributed by atoms with Gasteiger partial charge in [0.05, 0.1) is 12.5 Å². The quantitative estimate of drug-likeness (QED) is 0.801. The Bertz CT molecular complexity index is 810.